The quantitative estimate of drug-likeness (QED) is 0.385. The van der Waals surface area contributed by atoms with Gasteiger partial charge in [-0.25, -0.2) is 0 Å². The maximum Gasteiger partial charge on any atom is 0.283 e. The number of hydrogen-bond donors (Lipinski definition) is 1. The van der Waals surface area contributed by atoms with Crippen LogP contribution >= 0.6 is 11.8 Å². The average Bonchev–Trinajstić information content (AvgIpc) is 3.22. The van der Waals surface area contributed by atoms with E-state index >= 15 is 0 Å². The second kappa shape index (κ2) is 10.8. The van der Waals surface area contributed by atoms with Crippen LogP contribution in [-0.2, 0) is 4.79 Å². The van der Waals surface area contributed by atoms with E-state index in [1.165, 1.54) is 22.3 Å². The number of rotatable bonds is 9. The fraction of sp³-hybridized carbons (Fsp3) is 0.308. The predicted molar refractivity (Wildman–Crippen MR) is 140 cm³/mol. The third-order valence-corrected chi connectivity index (χ3v) is 6.14. The maximum atomic E-state index is 12.7. The van der Waals surface area contributed by atoms with Crippen LogP contribution in [0.3, 0.4) is 0 Å². The second-order valence-corrected chi connectivity index (χ2v) is 9.57. The summed E-state index contributed by atoms with van der Waals surface area (Å²) in [5, 5.41) is 15.7. The van der Waals surface area contributed by atoms with Gasteiger partial charge in [-0.05, 0) is 60.5 Å². The van der Waals surface area contributed by atoms with Crippen molar-refractivity contribution < 1.29 is 19.0 Å². The molecule has 9 heteroatoms. The van der Waals surface area contributed by atoms with Crippen LogP contribution in [0.1, 0.15) is 31.4 Å². The molecule has 0 saturated heterocycles. The van der Waals surface area contributed by atoms with Crippen molar-refractivity contribution in [3.05, 3.63) is 59.2 Å². The number of methoxy groups -OCH3 is 1. The summed E-state index contributed by atoms with van der Waals surface area (Å²) >= 11 is 1.35. The Hall–Kier alpha value is -3.59. The van der Waals surface area contributed by atoms with E-state index in [-0.39, 0.29) is 11.4 Å². The van der Waals surface area contributed by atoms with Gasteiger partial charge in [-0.15, -0.1) is 0 Å². The van der Waals surface area contributed by atoms with Gasteiger partial charge in [0.2, 0.25) is 5.17 Å². The highest BCUT2D eigenvalue weighted by molar-refractivity contribution is 8.26. The minimum absolute atomic E-state index is 0.0128. The lowest BCUT2D eigenvalue weighted by Gasteiger charge is -2.20. The number of hydrogen-bond acceptors (Lipinski definition) is 7. The molecule has 0 fully saturated rings. The third-order valence-electron chi connectivity index (χ3n) is 5.21. The van der Waals surface area contributed by atoms with Crippen molar-refractivity contribution in [2.45, 2.75) is 27.2 Å². The number of thioether (sulfide) groups is 1. The second-order valence-electron chi connectivity index (χ2n) is 8.53. The lowest BCUT2D eigenvalue weighted by atomic mass is 10.1. The van der Waals surface area contributed by atoms with Crippen molar-refractivity contribution in [2.75, 3.05) is 20.3 Å². The average molecular weight is 493 g/mol. The molecule has 182 valence electrons. The number of carbonyl (C=O) groups is 1. The smallest absolute Gasteiger partial charge is 0.283 e. The number of amides is 1. The summed E-state index contributed by atoms with van der Waals surface area (Å²) in [7, 11) is 1.55. The number of aliphatic imine (C=N–C) groups is 1. The van der Waals surface area contributed by atoms with Crippen LogP contribution in [0.25, 0.3) is 6.08 Å². The molecule has 8 nitrogen and oxygen atoms in total. The van der Waals surface area contributed by atoms with Crippen LogP contribution in [0.4, 0.5) is 0 Å². The summed E-state index contributed by atoms with van der Waals surface area (Å²) in [6.45, 7) is 6.95. The molecule has 2 aromatic carbocycles. The van der Waals surface area contributed by atoms with Crippen LogP contribution in [0, 0.1) is 18.3 Å². The number of aryl methyl sites for hydroxylation is 1. The molecule has 2 aliphatic rings. The Kier molecular flexibility index (Phi) is 7.55. The van der Waals surface area contributed by atoms with Gasteiger partial charge in [-0.2, -0.15) is 15.1 Å². The van der Waals surface area contributed by atoms with Gasteiger partial charge in [0.05, 0.1) is 12.7 Å². The Morgan fingerprint density at radius 3 is 2.54 bits per heavy atom. The molecule has 0 saturated carbocycles. The molecule has 2 aliphatic heterocycles. The van der Waals surface area contributed by atoms with Gasteiger partial charge < -0.3 is 14.2 Å². The molecule has 2 heterocycles. The van der Waals surface area contributed by atoms with Crippen molar-refractivity contribution >= 4 is 39.8 Å². The van der Waals surface area contributed by atoms with Gasteiger partial charge in [0.15, 0.2) is 17.3 Å². The van der Waals surface area contributed by atoms with Gasteiger partial charge in [0, 0.05) is 6.42 Å². The first-order chi connectivity index (χ1) is 16.8. The molecular weight excluding hydrogens is 464 g/mol. The molecule has 4 rings (SSSR count). The zero-order chi connectivity index (χ0) is 24.9. The molecule has 0 aliphatic carbocycles. The summed E-state index contributed by atoms with van der Waals surface area (Å²) in [5.41, 5.74) is 2.04. The van der Waals surface area contributed by atoms with Gasteiger partial charge >= 0.3 is 0 Å². The number of fused-ring (bicyclic) bond motifs is 1. The first-order valence-corrected chi connectivity index (χ1v) is 12.1. The summed E-state index contributed by atoms with van der Waals surface area (Å²) in [4.78, 5) is 16.8. The Morgan fingerprint density at radius 1 is 1.09 bits per heavy atom. The molecule has 0 bridgehead atoms. The number of nitrogens with one attached hydrogen (secondary N) is 1. The van der Waals surface area contributed by atoms with Crippen molar-refractivity contribution in [3.8, 4) is 17.2 Å². The van der Waals surface area contributed by atoms with E-state index in [2.05, 4.69) is 23.9 Å². The van der Waals surface area contributed by atoms with E-state index < -0.39 is 5.91 Å². The van der Waals surface area contributed by atoms with E-state index in [4.69, 9.17) is 19.6 Å². The van der Waals surface area contributed by atoms with Crippen LogP contribution in [0.2, 0.25) is 0 Å². The number of benzene rings is 2. The number of hydrazone groups is 1. The third kappa shape index (κ3) is 5.92. The normalized spacial score (nSPS) is 16.4. The fourth-order valence-electron chi connectivity index (χ4n) is 3.47. The highest BCUT2D eigenvalue weighted by Gasteiger charge is 2.35. The molecule has 0 unspecified atom stereocenters. The molecule has 35 heavy (non-hydrogen) atoms. The highest BCUT2D eigenvalue weighted by atomic mass is 32.2. The summed E-state index contributed by atoms with van der Waals surface area (Å²) in [6.07, 6.45) is 2.40. The van der Waals surface area contributed by atoms with Gasteiger partial charge in [-0.3, -0.25) is 10.2 Å². The largest absolute Gasteiger partial charge is 0.493 e. The Balaban J connectivity index is 1.43. The molecule has 0 spiro atoms. The zero-order valence-electron chi connectivity index (χ0n) is 20.2. The number of ether oxygens (including phenoxy) is 3. The van der Waals surface area contributed by atoms with E-state index in [0.29, 0.717) is 41.4 Å². The molecule has 0 atom stereocenters. The Bertz CT molecular complexity index is 1220. The van der Waals surface area contributed by atoms with Crippen LogP contribution in [0.15, 0.2) is 58.1 Å². The number of nitrogens with zero attached hydrogens (tertiary/aromatic N) is 3. The van der Waals surface area contributed by atoms with E-state index in [9.17, 15) is 4.79 Å². The fourth-order valence-corrected chi connectivity index (χ4v) is 4.57. The summed E-state index contributed by atoms with van der Waals surface area (Å²) < 4.78 is 17.0. The monoisotopic (exact) mass is 492 g/mol. The first kappa shape index (κ1) is 24.5. The van der Waals surface area contributed by atoms with E-state index in [0.717, 1.165) is 17.2 Å². The summed E-state index contributed by atoms with van der Waals surface area (Å²) in [6, 6.07) is 13.2. The van der Waals surface area contributed by atoms with E-state index in [1.807, 2.05) is 31.2 Å². The van der Waals surface area contributed by atoms with Gasteiger partial charge in [0.25, 0.3) is 5.91 Å². The van der Waals surface area contributed by atoms with Crippen LogP contribution in [0.5, 0.6) is 17.2 Å². The standard InChI is InChI=1S/C26H28N4O4S/c1-16(2)13-23-29-30-24(27)20(25(31)28-26(30)35-23)14-18-7-10-21(22(15-18)32-4)34-12-11-33-19-8-5-17(3)6-9-19/h5-10,14-16,27H,11-13H2,1-4H3/b20-14-,27-24?. The minimum Gasteiger partial charge on any atom is -0.493 e. The number of carbonyl (C=O) groups excluding carboxylic acids is 1. The van der Waals surface area contributed by atoms with Gasteiger partial charge in [0.1, 0.15) is 24.0 Å². The lowest BCUT2D eigenvalue weighted by Crippen LogP contribution is -2.35. The van der Waals surface area contributed by atoms with Gasteiger partial charge in [-0.1, -0.05) is 37.6 Å². The van der Waals surface area contributed by atoms with E-state index in [1.54, 1.807) is 31.4 Å². The SMILES string of the molecule is COc1cc(/C=C2/C(=N)N3N=C(CC(C)C)SC3=NC2=O)ccc1OCCOc1ccc(C)cc1. The summed E-state index contributed by atoms with van der Waals surface area (Å²) in [5.74, 6) is 1.84. The lowest BCUT2D eigenvalue weighted by molar-refractivity contribution is -0.114. The van der Waals surface area contributed by atoms with Crippen LogP contribution in [-0.4, -0.2) is 47.3 Å². The van der Waals surface area contributed by atoms with Crippen LogP contribution < -0.4 is 14.2 Å². The maximum absolute atomic E-state index is 12.7. The molecule has 1 N–H and O–H groups in total. The van der Waals surface area contributed by atoms with Crippen molar-refractivity contribution in [1.82, 2.24) is 5.01 Å². The first-order valence-electron chi connectivity index (χ1n) is 11.3. The molecule has 0 aromatic heterocycles. The zero-order valence-corrected chi connectivity index (χ0v) is 21.0. The minimum atomic E-state index is -0.456. The Morgan fingerprint density at radius 2 is 1.83 bits per heavy atom. The Labute approximate surface area is 209 Å². The van der Waals surface area contributed by atoms with Crippen molar-refractivity contribution in [1.29, 1.82) is 5.41 Å². The van der Waals surface area contributed by atoms with Crippen molar-refractivity contribution in [3.63, 3.8) is 0 Å². The molecule has 2 aromatic rings. The molecule has 0 radical (unpaired) electrons. The molecular formula is C26H28N4O4S. The topological polar surface area (TPSA) is 96.6 Å². The highest BCUT2D eigenvalue weighted by Crippen LogP contribution is 2.32. The van der Waals surface area contributed by atoms with Crippen molar-refractivity contribution in [2.24, 2.45) is 16.0 Å². The number of amidine groups is 2. The predicted octanol–water partition coefficient (Wildman–Crippen LogP) is 5.13. The molecule has 1 amide bonds.